The minimum Gasteiger partial charge on any atom is -0.228 e. The second kappa shape index (κ2) is 12.3. The summed E-state index contributed by atoms with van der Waals surface area (Å²) in [5, 5.41) is -3.38. The van der Waals surface area contributed by atoms with Gasteiger partial charge in [-0.25, -0.2) is 9.97 Å². The van der Waals surface area contributed by atoms with E-state index >= 15 is 0 Å². The third kappa shape index (κ3) is 5.26. The second-order valence-corrected chi connectivity index (χ2v) is 11.5. The Morgan fingerprint density at radius 1 is 0.415 bits per heavy atom. The fourth-order valence-corrected chi connectivity index (χ4v) is 5.93. The van der Waals surface area contributed by atoms with E-state index in [1.165, 1.54) is 0 Å². The monoisotopic (exact) mass is 712 g/mol. The van der Waals surface area contributed by atoms with E-state index in [1.807, 2.05) is 0 Å². The van der Waals surface area contributed by atoms with Crippen molar-refractivity contribution in [2.24, 2.45) is 0 Å². The van der Waals surface area contributed by atoms with Crippen molar-refractivity contribution in [2.45, 2.75) is 19.1 Å². The van der Waals surface area contributed by atoms with E-state index in [4.69, 9.17) is 34.3 Å². The molecule has 0 atom stereocenters. The molecule has 0 unspecified atom stereocenters. The van der Waals surface area contributed by atoms with Crippen molar-refractivity contribution in [3.8, 4) is 67.3 Å². The number of fused-ring (bicyclic) bond motifs is 5. The summed E-state index contributed by atoms with van der Waals surface area (Å²) in [6, 6.07) is -29.8. The van der Waals surface area contributed by atoms with Crippen LogP contribution in [-0.4, -0.2) is 9.97 Å². The highest BCUT2D eigenvalue weighted by Crippen LogP contribution is 2.51. The van der Waals surface area contributed by atoms with Crippen LogP contribution in [0.1, 0.15) is 72.8 Å². The maximum atomic E-state index is 9.98. The normalized spacial score (nSPS) is 22.7. The molecule has 1 aromatic heterocycles. The van der Waals surface area contributed by atoms with Crippen LogP contribution in [0.15, 0.2) is 181 Å². The first-order valence-corrected chi connectivity index (χ1v) is 15.5. The van der Waals surface area contributed by atoms with Crippen LogP contribution < -0.4 is 0 Å². The summed E-state index contributed by atoms with van der Waals surface area (Å²) in [6.07, 6.45) is 0. The summed E-state index contributed by atoms with van der Waals surface area (Å²) in [4.78, 5) is 8.78. The molecular weight excluding hydrogens is 641 g/mol. The smallest absolute Gasteiger partial charge is 0.160 e. The van der Waals surface area contributed by atoms with Gasteiger partial charge in [-0.15, -0.1) is 0 Å². The van der Waals surface area contributed by atoms with Gasteiger partial charge in [0, 0.05) is 30.3 Å². The van der Waals surface area contributed by atoms with Gasteiger partial charge in [0.25, 0.3) is 0 Å². The Balaban J connectivity index is 1.41. The highest BCUT2D eigenvalue weighted by molar-refractivity contribution is 6.05. The minimum atomic E-state index is -4.00. The summed E-state index contributed by atoms with van der Waals surface area (Å²) >= 11 is 0. The van der Waals surface area contributed by atoms with Crippen molar-refractivity contribution < 1.29 is 48.0 Å². The molecule has 2 nitrogen and oxygen atoms in total. The highest BCUT2D eigenvalue weighted by atomic mass is 14.9. The average molecular weight is 712 g/mol. The Kier molecular flexibility index (Phi) is 2.70. The van der Waals surface area contributed by atoms with E-state index in [9.17, 15) is 13.7 Å². The third-order valence-electron chi connectivity index (χ3n) is 8.34. The van der Waals surface area contributed by atoms with Crippen LogP contribution >= 0.6 is 0 Å². The van der Waals surface area contributed by atoms with Gasteiger partial charge in [0.2, 0.25) is 0 Å². The van der Waals surface area contributed by atoms with Crippen molar-refractivity contribution >= 4 is 21.5 Å². The van der Waals surface area contributed by atoms with E-state index in [-0.39, 0.29) is 0 Å². The van der Waals surface area contributed by atoms with E-state index in [2.05, 4.69) is 9.97 Å². The Bertz CT molecular complexity index is 4680. The van der Waals surface area contributed by atoms with Gasteiger partial charge in [0.1, 0.15) is 0 Å². The van der Waals surface area contributed by atoms with E-state index in [0.717, 1.165) is 6.07 Å². The molecule has 0 spiro atoms. The molecule has 0 saturated heterocycles. The lowest BCUT2D eigenvalue weighted by Gasteiger charge is -2.22. The molecule has 2 heteroatoms. The van der Waals surface area contributed by atoms with Crippen molar-refractivity contribution in [1.82, 2.24) is 9.97 Å². The van der Waals surface area contributed by atoms with Gasteiger partial charge in [0.05, 0.1) is 51.1 Å². The van der Waals surface area contributed by atoms with E-state index in [0.29, 0.717) is 0 Å². The van der Waals surface area contributed by atoms with Crippen LogP contribution in [0.25, 0.3) is 88.8 Å². The molecule has 8 aromatic carbocycles. The third-order valence-corrected chi connectivity index (χ3v) is 8.34. The summed E-state index contributed by atoms with van der Waals surface area (Å²) in [7, 11) is 0. The Hall–Kier alpha value is -6.64. The largest absolute Gasteiger partial charge is 0.228 e. The zero-order chi connectivity index (χ0) is 65.8. The van der Waals surface area contributed by atoms with Gasteiger partial charge >= 0.3 is 0 Å². The molecule has 53 heavy (non-hydrogen) atoms. The van der Waals surface area contributed by atoms with Gasteiger partial charge < -0.3 is 0 Å². The average Bonchev–Trinajstić information content (AvgIpc) is 1.47. The van der Waals surface area contributed by atoms with Gasteiger partial charge in [-0.05, 0) is 96.3 Å². The molecule has 9 aromatic rings. The van der Waals surface area contributed by atoms with Crippen molar-refractivity contribution in [2.75, 3.05) is 0 Å². The number of hydrogen-bond donors (Lipinski definition) is 0. The Morgan fingerprint density at radius 3 is 1.77 bits per heavy atom. The van der Waals surface area contributed by atoms with Crippen molar-refractivity contribution in [3.63, 3.8) is 0 Å². The molecule has 0 saturated carbocycles. The molecular formula is C51H36N2. The SMILES string of the molecule is [2H]c1c([2H])c([2H])c(-c2nc(-c3c([2H])c([2H])c([2H])c(-c4c([2H])c([2H])c([2H])c([2H])c4[2H])c3[2H])cc(-c3c([2H])c([2H])c(-c4c([2H])c([2H])c5c(c4[2H])C(C([2H])([2H])[2H])(C([2H])([2H])[2H])c4c-5c([2H])c5c([2H])c([2H])c([2H])c([2H])c5c4[2H])c4c([2H])c([2H])c([2H])c([2H])c34)n2)c([2H])c1[2H]. The lowest BCUT2D eigenvalue weighted by molar-refractivity contribution is 0.661. The number of rotatable bonds is 5. The van der Waals surface area contributed by atoms with Gasteiger partial charge in [-0.3, -0.25) is 0 Å². The van der Waals surface area contributed by atoms with Crippen molar-refractivity contribution in [1.29, 1.82) is 0 Å². The lowest BCUT2D eigenvalue weighted by Crippen LogP contribution is -2.15. The summed E-state index contributed by atoms with van der Waals surface area (Å²) < 4.78 is 314. The number of hydrogen-bond acceptors (Lipinski definition) is 2. The fraction of sp³-hybridized carbons (Fsp3) is 0.0588. The topological polar surface area (TPSA) is 25.8 Å². The number of nitrogens with zero attached hydrogens (tertiary/aromatic N) is 2. The molecule has 0 aliphatic heterocycles. The highest BCUT2D eigenvalue weighted by Gasteiger charge is 2.36. The van der Waals surface area contributed by atoms with Gasteiger partial charge in [0.15, 0.2) is 5.82 Å². The molecule has 0 N–H and O–H groups in total. The van der Waals surface area contributed by atoms with Crippen LogP contribution in [0.3, 0.4) is 0 Å². The predicted molar refractivity (Wildman–Crippen MR) is 222 cm³/mol. The molecule has 0 amide bonds. The molecule has 1 heterocycles. The standard InChI is InChI=1S/C51H36N2/c1-51(2)46-31-38(24-25-43(46)45-29-36-18-9-10-19-37(36)30-47(45)51)40-26-27-44(42-23-12-11-22-41(40)42)49-32-48(52-50(53-49)34-16-7-4-8-17-34)39-21-13-20-35(28-39)33-14-5-3-6-15-33/h3-32H,1-2H3/i1D3,2D3,3D,4D,5D,6D,7D,8D,9D,10D,11D,12D,13D,14D,15D,16D,17D,18D,19D,20D,21D,22D,23D,24D,25D,26D,27D,28D,29D,30D,31D. The molecule has 0 radical (unpaired) electrons. The van der Waals surface area contributed by atoms with E-state index < -0.39 is 294 Å². The number of aromatic nitrogens is 2. The molecule has 10 rings (SSSR count). The van der Waals surface area contributed by atoms with Gasteiger partial charge in [-0.1, -0.05) is 165 Å². The number of benzene rings is 8. The first-order valence-electron chi connectivity index (χ1n) is 33.0. The maximum absolute atomic E-state index is 9.98. The predicted octanol–water partition coefficient (Wildman–Crippen LogP) is 13.4. The Morgan fingerprint density at radius 2 is 1.00 bits per heavy atom. The van der Waals surface area contributed by atoms with Crippen LogP contribution in [0.5, 0.6) is 0 Å². The summed E-state index contributed by atoms with van der Waals surface area (Å²) in [5.41, 5.74) is -15.9. The molecule has 1 aliphatic carbocycles. The summed E-state index contributed by atoms with van der Waals surface area (Å²) in [6.45, 7) is -8.00. The summed E-state index contributed by atoms with van der Waals surface area (Å²) in [5.74, 6) is -0.939. The van der Waals surface area contributed by atoms with Crippen LogP contribution in [-0.2, 0) is 5.41 Å². The molecule has 0 fully saturated rings. The second-order valence-electron chi connectivity index (χ2n) is 11.5. The van der Waals surface area contributed by atoms with Gasteiger partial charge in [-0.2, -0.15) is 0 Å². The van der Waals surface area contributed by atoms with Crippen molar-refractivity contribution in [3.05, 3.63) is 192 Å². The minimum absolute atomic E-state index is 0.734. The fourth-order valence-electron chi connectivity index (χ4n) is 5.93. The molecule has 0 bridgehead atoms. The molecule has 1 aliphatic rings. The molecule has 250 valence electrons. The van der Waals surface area contributed by atoms with Crippen LogP contribution in [0.4, 0.5) is 0 Å². The lowest BCUT2D eigenvalue weighted by atomic mass is 9.81. The zero-order valence-electron chi connectivity index (χ0n) is 61.5. The Labute approximate surface area is 359 Å². The zero-order valence-corrected chi connectivity index (χ0v) is 26.5. The van der Waals surface area contributed by atoms with E-state index in [1.54, 1.807) is 0 Å². The first-order chi connectivity index (χ1) is 40.6. The van der Waals surface area contributed by atoms with Crippen LogP contribution in [0, 0.1) is 0 Å². The van der Waals surface area contributed by atoms with Crippen LogP contribution in [0.2, 0.25) is 0 Å². The maximum Gasteiger partial charge on any atom is 0.160 e. The quantitative estimate of drug-likeness (QED) is 0.178. The first kappa shape index (κ1) is 11.7.